The van der Waals surface area contributed by atoms with Gasteiger partial charge in [0.1, 0.15) is 0 Å². The predicted molar refractivity (Wildman–Crippen MR) is 72.2 cm³/mol. The van der Waals surface area contributed by atoms with Crippen LogP contribution in [0, 0.1) is 11.8 Å². The highest BCUT2D eigenvalue weighted by molar-refractivity contribution is 5.78. The molecule has 0 unspecified atom stereocenters. The summed E-state index contributed by atoms with van der Waals surface area (Å²) in [5.74, 6) is 1.25. The first kappa shape index (κ1) is 13.9. The average Bonchev–Trinajstić information content (AvgIpc) is 2.40. The quantitative estimate of drug-likeness (QED) is 0.840. The summed E-state index contributed by atoms with van der Waals surface area (Å²) >= 11 is 0. The van der Waals surface area contributed by atoms with E-state index in [-0.39, 0.29) is 12.0 Å². The van der Waals surface area contributed by atoms with Gasteiger partial charge in [-0.15, -0.1) is 0 Å². The van der Waals surface area contributed by atoms with E-state index in [0.29, 0.717) is 5.91 Å². The lowest BCUT2D eigenvalue weighted by atomic mass is 9.83. The molecule has 1 heterocycles. The standard InChI is InChI=1S/C15H27NO2/c1-12(11-13-5-3-2-4-6-13)15(18)16-9-7-14(17)8-10-16/h12-14,17H,2-11H2,1H3/t12-/m1/s1. The van der Waals surface area contributed by atoms with Gasteiger partial charge in [-0.05, 0) is 25.2 Å². The Morgan fingerprint density at radius 2 is 1.78 bits per heavy atom. The van der Waals surface area contributed by atoms with Crippen LogP contribution < -0.4 is 0 Å². The minimum absolute atomic E-state index is 0.170. The summed E-state index contributed by atoms with van der Waals surface area (Å²) in [6.07, 6.45) is 9.09. The van der Waals surface area contributed by atoms with E-state index in [0.717, 1.165) is 38.3 Å². The number of carbonyl (C=O) groups excluding carboxylic acids is 1. The van der Waals surface area contributed by atoms with Crippen molar-refractivity contribution >= 4 is 5.91 Å². The highest BCUT2D eigenvalue weighted by Gasteiger charge is 2.27. The Labute approximate surface area is 111 Å². The first-order valence-electron chi connectivity index (χ1n) is 7.63. The van der Waals surface area contributed by atoms with Crippen molar-refractivity contribution < 1.29 is 9.90 Å². The molecule has 0 aromatic carbocycles. The number of hydrogen-bond acceptors (Lipinski definition) is 2. The van der Waals surface area contributed by atoms with E-state index in [4.69, 9.17) is 0 Å². The molecule has 3 heteroatoms. The normalized spacial score (nSPS) is 25.1. The van der Waals surface area contributed by atoms with Crippen molar-refractivity contribution in [3.05, 3.63) is 0 Å². The fraction of sp³-hybridized carbons (Fsp3) is 0.933. The van der Waals surface area contributed by atoms with Crippen LogP contribution in [0.25, 0.3) is 0 Å². The number of piperidine rings is 1. The summed E-state index contributed by atoms with van der Waals surface area (Å²) in [4.78, 5) is 14.3. The van der Waals surface area contributed by atoms with Crippen LogP contribution in [-0.4, -0.2) is 35.1 Å². The lowest BCUT2D eigenvalue weighted by Crippen LogP contribution is -2.42. The third-order valence-corrected chi connectivity index (χ3v) is 4.61. The lowest BCUT2D eigenvalue weighted by molar-refractivity contribution is -0.137. The molecule has 1 aliphatic heterocycles. The van der Waals surface area contributed by atoms with E-state index in [1.807, 2.05) is 4.90 Å². The SMILES string of the molecule is C[C@H](CC1CCCCC1)C(=O)N1CCC(O)CC1. The molecule has 2 aliphatic rings. The van der Waals surface area contributed by atoms with Gasteiger partial charge in [-0.1, -0.05) is 39.0 Å². The van der Waals surface area contributed by atoms with Gasteiger partial charge in [0.15, 0.2) is 0 Å². The number of likely N-dealkylation sites (tertiary alicyclic amines) is 1. The van der Waals surface area contributed by atoms with Crippen LogP contribution in [0.15, 0.2) is 0 Å². The van der Waals surface area contributed by atoms with Gasteiger partial charge >= 0.3 is 0 Å². The largest absolute Gasteiger partial charge is 0.393 e. The van der Waals surface area contributed by atoms with Gasteiger partial charge < -0.3 is 10.0 Å². The van der Waals surface area contributed by atoms with Crippen molar-refractivity contribution in [2.75, 3.05) is 13.1 Å². The van der Waals surface area contributed by atoms with E-state index >= 15 is 0 Å². The summed E-state index contributed by atoms with van der Waals surface area (Å²) in [6.45, 7) is 3.58. The number of hydrogen-bond donors (Lipinski definition) is 1. The minimum Gasteiger partial charge on any atom is -0.393 e. The van der Waals surface area contributed by atoms with Crippen molar-refractivity contribution in [3.63, 3.8) is 0 Å². The molecule has 0 aromatic rings. The predicted octanol–water partition coefficient (Wildman–Crippen LogP) is 2.58. The van der Waals surface area contributed by atoms with Crippen molar-refractivity contribution in [1.29, 1.82) is 0 Å². The number of aliphatic hydroxyl groups is 1. The minimum atomic E-state index is -0.192. The molecular formula is C15H27NO2. The first-order valence-corrected chi connectivity index (χ1v) is 7.63. The van der Waals surface area contributed by atoms with Crippen LogP contribution in [0.4, 0.5) is 0 Å². The molecule has 1 atom stereocenters. The van der Waals surface area contributed by atoms with Crippen molar-refractivity contribution in [2.24, 2.45) is 11.8 Å². The first-order chi connectivity index (χ1) is 8.66. The Kier molecular flexibility index (Phi) is 5.04. The third kappa shape index (κ3) is 3.71. The zero-order valence-corrected chi connectivity index (χ0v) is 11.6. The maximum Gasteiger partial charge on any atom is 0.225 e. The second-order valence-corrected chi connectivity index (χ2v) is 6.20. The maximum atomic E-state index is 12.3. The monoisotopic (exact) mass is 253 g/mol. The molecule has 18 heavy (non-hydrogen) atoms. The number of carbonyl (C=O) groups is 1. The highest BCUT2D eigenvalue weighted by Crippen LogP contribution is 2.29. The van der Waals surface area contributed by atoms with E-state index in [9.17, 15) is 9.90 Å². The molecule has 2 fully saturated rings. The summed E-state index contributed by atoms with van der Waals surface area (Å²) < 4.78 is 0. The molecular weight excluding hydrogens is 226 g/mol. The summed E-state index contributed by atoms with van der Waals surface area (Å²) in [5.41, 5.74) is 0. The average molecular weight is 253 g/mol. The Morgan fingerprint density at radius 3 is 2.39 bits per heavy atom. The Balaban J connectivity index is 1.77. The number of aliphatic hydroxyl groups excluding tert-OH is 1. The van der Waals surface area contributed by atoms with Crippen LogP contribution in [0.5, 0.6) is 0 Å². The second kappa shape index (κ2) is 6.55. The Morgan fingerprint density at radius 1 is 1.17 bits per heavy atom. The van der Waals surface area contributed by atoms with Gasteiger partial charge in [0.2, 0.25) is 5.91 Å². The van der Waals surface area contributed by atoms with Gasteiger partial charge in [0, 0.05) is 19.0 Å². The summed E-state index contributed by atoms with van der Waals surface area (Å²) in [7, 11) is 0. The van der Waals surface area contributed by atoms with Gasteiger partial charge in [-0.25, -0.2) is 0 Å². The van der Waals surface area contributed by atoms with Gasteiger partial charge in [0.05, 0.1) is 6.10 Å². The molecule has 0 bridgehead atoms. The highest BCUT2D eigenvalue weighted by atomic mass is 16.3. The van der Waals surface area contributed by atoms with Crippen molar-refractivity contribution in [1.82, 2.24) is 4.90 Å². The van der Waals surface area contributed by atoms with E-state index in [1.165, 1.54) is 32.1 Å². The number of nitrogens with zero attached hydrogens (tertiary/aromatic N) is 1. The Bertz CT molecular complexity index is 266. The molecule has 1 amide bonds. The van der Waals surface area contributed by atoms with Gasteiger partial charge in [0.25, 0.3) is 0 Å². The van der Waals surface area contributed by atoms with Crippen molar-refractivity contribution in [3.8, 4) is 0 Å². The molecule has 1 saturated carbocycles. The fourth-order valence-corrected chi connectivity index (χ4v) is 3.42. The van der Waals surface area contributed by atoms with Crippen LogP contribution in [0.3, 0.4) is 0 Å². The molecule has 0 radical (unpaired) electrons. The second-order valence-electron chi connectivity index (χ2n) is 6.20. The number of amides is 1. The zero-order chi connectivity index (χ0) is 13.0. The zero-order valence-electron chi connectivity index (χ0n) is 11.6. The molecule has 0 aromatic heterocycles. The fourth-order valence-electron chi connectivity index (χ4n) is 3.42. The molecule has 1 aliphatic carbocycles. The summed E-state index contributed by atoms with van der Waals surface area (Å²) in [6, 6.07) is 0. The van der Waals surface area contributed by atoms with Crippen molar-refractivity contribution in [2.45, 2.75) is 64.4 Å². The van der Waals surface area contributed by atoms with Crippen LogP contribution in [-0.2, 0) is 4.79 Å². The molecule has 104 valence electrons. The molecule has 2 rings (SSSR count). The molecule has 1 N–H and O–H groups in total. The molecule has 1 saturated heterocycles. The summed E-state index contributed by atoms with van der Waals surface area (Å²) in [5, 5.41) is 9.47. The lowest BCUT2D eigenvalue weighted by Gasteiger charge is -2.33. The van der Waals surface area contributed by atoms with Crippen LogP contribution in [0.1, 0.15) is 58.3 Å². The van der Waals surface area contributed by atoms with E-state index in [1.54, 1.807) is 0 Å². The molecule has 0 spiro atoms. The smallest absolute Gasteiger partial charge is 0.225 e. The third-order valence-electron chi connectivity index (χ3n) is 4.61. The van der Waals surface area contributed by atoms with E-state index in [2.05, 4.69) is 6.92 Å². The topological polar surface area (TPSA) is 40.5 Å². The molecule has 3 nitrogen and oxygen atoms in total. The van der Waals surface area contributed by atoms with Crippen LogP contribution >= 0.6 is 0 Å². The number of rotatable bonds is 3. The van der Waals surface area contributed by atoms with Crippen LogP contribution in [0.2, 0.25) is 0 Å². The Hall–Kier alpha value is -0.570. The maximum absolute atomic E-state index is 12.3. The van der Waals surface area contributed by atoms with Gasteiger partial charge in [-0.3, -0.25) is 4.79 Å². The van der Waals surface area contributed by atoms with Gasteiger partial charge in [-0.2, -0.15) is 0 Å². The van der Waals surface area contributed by atoms with E-state index < -0.39 is 0 Å².